The van der Waals surface area contributed by atoms with Crippen LogP contribution in [0, 0.1) is 12.7 Å². The number of hydrogen-bond donors (Lipinski definition) is 1. The summed E-state index contributed by atoms with van der Waals surface area (Å²) in [6.45, 7) is 2.61. The second-order valence-electron chi connectivity index (χ2n) is 3.57. The van der Waals surface area contributed by atoms with Crippen molar-refractivity contribution in [3.05, 3.63) is 47.0 Å². The Balaban J connectivity index is 2.27. The largest absolute Gasteiger partial charge is 0.325 e. The van der Waals surface area contributed by atoms with Crippen LogP contribution in [-0.4, -0.2) is 15.0 Å². The molecule has 0 amide bonds. The first-order chi connectivity index (χ1) is 7.72. The fourth-order valence-electron chi connectivity index (χ4n) is 1.52. The minimum Gasteiger partial charge on any atom is -0.325 e. The third-order valence-electron chi connectivity index (χ3n) is 2.55. The highest BCUT2D eigenvalue weighted by Gasteiger charge is 2.08. The Labute approximate surface area is 92.9 Å². The number of benzene rings is 1. The molecule has 1 aromatic heterocycles. The molecule has 2 N–H and O–H groups in total. The Morgan fingerprint density at radius 2 is 2.12 bits per heavy atom. The van der Waals surface area contributed by atoms with Crippen LogP contribution in [0.15, 0.2) is 24.3 Å². The topological polar surface area (TPSA) is 56.7 Å². The van der Waals surface area contributed by atoms with Crippen LogP contribution in [0.4, 0.5) is 4.39 Å². The molecule has 0 aliphatic carbocycles. The molecule has 0 saturated heterocycles. The summed E-state index contributed by atoms with van der Waals surface area (Å²) < 4.78 is 15.1. The number of rotatable bonds is 3. The smallest absolute Gasteiger partial charge is 0.128 e. The van der Waals surface area contributed by atoms with Crippen LogP contribution in [0.5, 0.6) is 0 Å². The summed E-state index contributed by atoms with van der Waals surface area (Å²) >= 11 is 0. The lowest BCUT2D eigenvalue weighted by atomic mass is 10.2. The molecule has 0 aliphatic heterocycles. The van der Waals surface area contributed by atoms with Gasteiger partial charge in [0.25, 0.3) is 0 Å². The average Bonchev–Trinajstić information content (AvgIpc) is 2.63. The molecular formula is C11H13FN4. The van der Waals surface area contributed by atoms with Gasteiger partial charge in [-0.2, -0.15) is 0 Å². The third-order valence-corrected chi connectivity index (χ3v) is 2.55. The van der Waals surface area contributed by atoms with E-state index in [2.05, 4.69) is 10.3 Å². The molecular weight excluding hydrogens is 207 g/mol. The molecule has 0 spiro atoms. The van der Waals surface area contributed by atoms with Crippen LogP contribution in [0.25, 0.3) is 0 Å². The Hall–Kier alpha value is -1.75. The quantitative estimate of drug-likeness (QED) is 0.846. The summed E-state index contributed by atoms with van der Waals surface area (Å²) in [6.07, 6.45) is 0. The normalized spacial score (nSPS) is 10.7. The van der Waals surface area contributed by atoms with E-state index >= 15 is 0 Å². The van der Waals surface area contributed by atoms with E-state index in [1.54, 1.807) is 22.9 Å². The molecule has 0 bridgehead atoms. The number of nitrogens with two attached hydrogens (primary N) is 1. The predicted octanol–water partition coefficient (Wildman–Crippen LogP) is 1.23. The van der Waals surface area contributed by atoms with Gasteiger partial charge >= 0.3 is 0 Å². The van der Waals surface area contributed by atoms with E-state index in [9.17, 15) is 4.39 Å². The van der Waals surface area contributed by atoms with Crippen LogP contribution in [0.2, 0.25) is 0 Å². The SMILES string of the molecule is Cc1c(CN)nnn1Cc1ccccc1F. The van der Waals surface area contributed by atoms with Gasteiger partial charge in [-0.3, -0.25) is 0 Å². The van der Waals surface area contributed by atoms with E-state index < -0.39 is 0 Å². The number of aromatic nitrogens is 3. The first-order valence-electron chi connectivity index (χ1n) is 5.05. The Bertz CT molecular complexity index is 492. The van der Waals surface area contributed by atoms with Crippen molar-refractivity contribution < 1.29 is 4.39 Å². The van der Waals surface area contributed by atoms with Crippen LogP contribution in [0.3, 0.4) is 0 Å². The molecule has 0 unspecified atom stereocenters. The van der Waals surface area contributed by atoms with Crippen LogP contribution < -0.4 is 5.73 Å². The van der Waals surface area contributed by atoms with E-state index in [-0.39, 0.29) is 5.82 Å². The van der Waals surface area contributed by atoms with Gasteiger partial charge in [-0.1, -0.05) is 23.4 Å². The molecule has 2 aromatic rings. The van der Waals surface area contributed by atoms with Crippen LogP contribution in [0.1, 0.15) is 17.0 Å². The Morgan fingerprint density at radius 1 is 1.38 bits per heavy atom. The van der Waals surface area contributed by atoms with Gasteiger partial charge in [0.2, 0.25) is 0 Å². The van der Waals surface area contributed by atoms with Crippen molar-refractivity contribution in [1.29, 1.82) is 0 Å². The van der Waals surface area contributed by atoms with E-state index in [0.717, 1.165) is 11.4 Å². The summed E-state index contributed by atoms with van der Waals surface area (Å²) in [5.41, 5.74) is 7.72. The standard InChI is InChI=1S/C11H13FN4/c1-8-11(6-13)14-15-16(8)7-9-4-2-3-5-10(9)12/h2-5H,6-7,13H2,1H3. The summed E-state index contributed by atoms with van der Waals surface area (Å²) in [7, 11) is 0. The Kier molecular flexibility index (Phi) is 2.96. The zero-order valence-corrected chi connectivity index (χ0v) is 9.02. The molecule has 5 heteroatoms. The zero-order valence-electron chi connectivity index (χ0n) is 9.02. The second kappa shape index (κ2) is 4.40. The van der Waals surface area contributed by atoms with E-state index in [0.29, 0.717) is 18.7 Å². The number of halogens is 1. The molecule has 0 fully saturated rings. The summed E-state index contributed by atoms with van der Waals surface area (Å²) in [5, 5.41) is 7.87. The molecule has 0 aliphatic rings. The third kappa shape index (κ3) is 1.94. The van der Waals surface area contributed by atoms with Crippen molar-refractivity contribution >= 4 is 0 Å². The monoisotopic (exact) mass is 220 g/mol. The predicted molar refractivity (Wildman–Crippen MR) is 58.2 cm³/mol. The second-order valence-corrected chi connectivity index (χ2v) is 3.57. The maximum Gasteiger partial charge on any atom is 0.128 e. The average molecular weight is 220 g/mol. The first kappa shape index (κ1) is 10.8. The van der Waals surface area contributed by atoms with Crippen molar-refractivity contribution in [1.82, 2.24) is 15.0 Å². The molecule has 2 rings (SSSR count). The van der Waals surface area contributed by atoms with Crippen molar-refractivity contribution in [2.45, 2.75) is 20.0 Å². The highest BCUT2D eigenvalue weighted by Crippen LogP contribution is 2.10. The maximum absolute atomic E-state index is 13.4. The lowest BCUT2D eigenvalue weighted by molar-refractivity contribution is 0.571. The molecule has 0 saturated carbocycles. The minimum atomic E-state index is -0.230. The molecule has 16 heavy (non-hydrogen) atoms. The molecule has 1 heterocycles. The highest BCUT2D eigenvalue weighted by atomic mass is 19.1. The van der Waals surface area contributed by atoms with Gasteiger partial charge in [0.05, 0.1) is 17.9 Å². The van der Waals surface area contributed by atoms with Crippen molar-refractivity contribution in [2.24, 2.45) is 5.73 Å². The van der Waals surface area contributed by atoms with Gasteiger partial charge in [0.1, 0.15) is 5.82 Å². The van der Waals surface area contributed by atoms with Crippen molar-refractivity contribution in [3.63, 3.8) is 0 Å². The maximum atomic E-state index is 13.4. The van der Waals surface area contributed by atoms with E-state index in [4.69, 9.17) is 5.73 Å². The van der Waals surface area contributed by atoms with Crippen LogP contribution in [-0.2, 0) is 13.1 Å². The Morgan fingerprint density at radius 3 is 2.75 bits per heavy atom. The van der Waals surface area contributed by atoms with Gasteiger partial charge in [0, 0.05) is 12.1 Å². The molecule has 0 atom stereocenters. The molecule has 1 aromatic carbocycles. The van der Waals surface area contributed by atoms with Gasteiger partial charge in [-0.15, -0.1) is 5.10 Å². The lowest BCUT2D eigenvalue weighted by Gasteiger charge is -2.04. The fraction of sp³-hybridized carbons (Fsp3) is 0.273. The molecule has 84 valence electrons. The lowest BCUT2D eigenvalue weighted by Crippen LogP contribution is -2.06. The number of nitrogens with zero attached hydrogens (tertiary/aromatic N) is 3. The summed E-state index contributed by atoms with van der Waals surface area (Å²) in [6, 6.07) is 6.64. The van der Waals surface area contributed by atoms with E-state index in [1.807, 2.05) is 6.92 Å². The summed E-state index contributed by atoms with van der Waals surface area (Å²) in [5.74, 6) is -0.230. The number of hydrogen-bond acceptors (Lipinski definition) is 3. The van der Waals surface area contributed by atoms with Gasteiger partial charge < -0.3 is 5.73 Å². The highest BCUT2D eigenvalue weighted by molar-refractivity contribution is 5.18. The minimum absolute atomic E-state index is 0.230. The van der Waals surface area contributed by atoms with Gasteiger partial charge in [-0.05, 0) is 13.0 Å². The first-order valence-corrected chi connectivity index (χ1v) is 5.05. The fourth-order valence-corrected chi connectivity index (χ4v) is 1.52. The van der Waals surface area contributed by atoms with Crippen molar-refractivity contribution in [2.75, 3.05) is 0 Å². The molecule has 4 nitrogen and oxygen atoms in total. The zero-order chi connectivity index (χ0) is 11.5. The summed E-state index contributed by atoms with van der Waals surface area (Å²) in [4.78, 5) is 0. The van der Waals surface area contributed by atoms with Crippen molar-refractivity contribution in [3.8, 4) is 0 Å². The van der Waals surface area contributed by atoms with E-state index in [1.165, 1.54) is 6.07 Å². The van der Waals surface area contributed by atoms with Gasteiger partial charge in [-0.25, -0.2) is 9.07 Å². The van der Waals surface area contributed by atoms with Gasteiger partial charge in [0.15, 0.2) is 0 Å². The van der Waals surface area contributed by atoms with Crippen LogP contribution >= 0.6 is 0 Å². The molecule has 0 radical (unpaired) electrons.